The highest BCUT2D eigenvalue weighted by Gasteiger charge is 2.13. The van der Waals surface area contributed by atoms with E-state index in [4.69, 9.17) is 0 Å². The van der Waals surface area contributed by atoms with Crippen LogP contribution in [0.2, 0.25) is 0 Å². The van der Waals surface area contributed by atoms with Gasteiger partial charge in [-0.3, -0.25) is 4.79 Å². The molecule has 0 radical (unpaired) electrons. The van der Waals surface area contributed by atoms with E-state index in [0.29, 0.717) is 11.7 Å². The second-order valence-electron chi connectivity index (χ2n) is 6.35. The van der Waals surface area contributed by atoms with E-state index < -0.39 is 0 Å². The zero-order valence-electron chi connectivity index (χ0n) is 15.2. The first-order valence-electron chi connectivity index (χ1n) is 8.57. The predicted octanol–water partition coefficient (Wildman–Crippen LogP) is 4.62. The van der Waals surface area contributed by atoms with Gasteiger partial charge in [0.25, 0.3) is 5.91 Å². The van der Waals surface area contributed by atoms with Crippen LogP contribution in [0.3, 0.4) is 0 Å². The van der Waals surface area contributed by atoms with Crippen LogP contribution in [0, 0.1) is 0 Å². The molecule has 2 aromatic carbocycles. The largest absolute Gasteiger partial charge is 0.328 e. The standard InChI is InChI=1S/C21H22N4O/c1-15(2)17-11-7-8-12-18(17)24-21(26)19-13-23-20(14-22-19)25(3)16-9-5-4-6-10-16/h4-15H,1-3H3,(H,24,26). The summed E-state index contributed by atoms with van der Waals surface area (Å²) in [6.45, 7) is 4.19. The number of anilines is 3. The first kappa shape index (κ1) is 17.6. The van der Waals surface area contributed by atoms with Gasteiger partial charge >= 0.3 is 0 Å². The van der Waals surface area contributed by atoms with E-state index >= 15 is 0 Å². The third-order valence-corrected chi connectivity index (χ3v) is 4.19. The lowest BCUT2D eigenvalue weighted by Crippen LogP contribution is -2.17. The van der Waals surface area contributed by atoms with Crippen molar-refractivity contribution in [2.75, 3.05) is 17.3 Å². The number of hydrogen-bond acceptors (Lipinski definition) is 4. The summed E-state index contributed by atoms with van der Waals surface area (Å²) >= 11 is 0. The maximum atomic E-state index is 12.5. The highest BCUT2D eigenvalue weighted by atomic mass is 16.1. The molecule has 3 aromatic rings. The Morgan fingerprint density at radius 3 is 2.31 bits per heavy atom. The Morgan fingerprint density at radius 2 is 1.65 bits per heavy atom. The van der Waals surface area contributed by atoms with Crippen LogP contribution in [0.5, 0.6) is 0 Å². The average molecular weight is 346 g/mol. The maximum absolute atomic E-state index is 12.5. The van der Waals surface area contributed by atoms with Crippen LogP contribution >= 0.6 is 0 Å². The molecule has 0 spiro atoms. The predicted molar refractivity (Wildman–Crippen MR) is 105 cm³/mol. The zero-order valence-corrected chi connectivity index (χ0v) is 15.2. The molecule has 0 fully saturated rings. The van der Waals surface area contributed by atoms with Gasteiger partial charge in [-0.05, 0) is 29.7 Å². The van der Waals surface area contributed by atoms with Gasteiger partial charge in [0.2, 0.25) is 0 Å². The highest BCUT2D eigenvalue weighted by Crippen LogP contribution is 2.24. The fraction of sp³-hybridized carbons (Fsp3) is 0.190. The van der Waals surface area contributed by atoms with E-state index in [9.17, 15) is 4.79 Å². The molecule has 1 heterocycles. The lowest BCUT2D eigenvalue weighted by molar-refractivity contribution is 0.102. The van der Waals surface area contributed by atoms with Gasteiger partial charge in [-0.1, -0.05) is 50.2 Å². The summed E-state index contributed by atoms with van der Waals surface area (Å²) in [5.74, 6) is 0.731. The van der Waals surface area contributed by atoms with Crippen molar-refractivity contribution in [2.45, 2.75) is 19.8 Å². The fourth-order valence-corrected chi connectivity index (χ4v) is 2.70. The van der Waals surface area contributed by atoms with Crippen molar-refractivity contribution in [2.24, 2.45) is 0 Å². The van der Waals surface area contributed by atoms with Crippen LogP contribution in [0.15, 0.2) is 67.0 Å². The number of benzene rings is 2. The average Bonchev–Trinajstić information content (AvgIpc) is 2.68. The molecule has 1 N–H and O–H groups in total. The molecule has 132 valence electrons. The molecule has 1 aromatic heterocycles. The minimum absolute atomic E-state index is 0.264. The summed E-state index contributed by atoms with van der Waals surface area (Å²) in [5.41, 5.74) is 3.19. The number of rotatable bonds is 5. The normalized spacial score (nSPS) is 10.6. The summed E-state index contributed by atoms with van der Waals surface area (Å²) in [5, 5.41) is 2.93. The van der Waals surface area contributed by atoms with Crippen LogP contribution in [0.4, 0.5) is 17.2 Å². The Labute approximate surface area is 153 Å². The van der Waals surface area contributed by atoms with Gasteiger partial charge in [-0.2, -0.15) is 0 Å². The van der Waals surface area contributed by atoms with E-state index in [2.05, 4.69) is 29.1 Å². The molecule has 0 saturated carbocycles. The van der Waals surface area contributed by atoms with Crippen molar-refractivity contribution in [1.82, 2.24) is 9.97 Å². The van der Waals surface area contributed by atoms with E-state index in [1.165, 1.54) is 6.20 Å². The first-order valence-corrected chi connectivity index (χ1v) is 8.57. The quantitative estimate of drug-likeness (QED) is 0.732. The second kappa shape index (κ2) is 7.78. The number of carbonyl (C=O) groups is 1. The van der Waals surface area contributed by atoms with Crippen LogP contribution in [-0.2, 0) is 0 Å². The SMILES string of the molecule is CC(C)c1ccccc1NC(=O)c1cnc(N(C)c2ccccc2)cn1. The Bertz CT molecular complexity index is 876. The lowest BCUT2D eigenvalue weighted by atomic mass is 10.0. The zero-order chi connectivity index (χ0) is 18.5. The number of hydrogen-bond donors (Lipinski definition) is 1. The van der Waals surface area contributed by atoms with Crippen molar-refractivity contribution >= 4 is 23.1 Å². The van der Waals surface area contributed by atoms with Crippen molar-refractivity contribution in [3.63, 3.8) is 0 Å². The Balaban J connectivity index is 1.76. The van der Waals surface area contributed by atoms with Gasteiger partial charge in [0.15, 0.2) is 5.82 Å². The third kappa shape index (κ3) is 3.88. The molecule has 0 aliphatic heterocycles. The number of para-hydroxylation sites is 2. The molecular formula is C21H22N4O. The first-order chi connectivity index (χ1) is 12.6. The number of aromatic nitrogens is 2. The molecule has 0 unspecified atom stereocenters. The summed E-state index contributed by atoms with van der Waals surface area (Å²) in [6.07, 6.45) is 3.11. The third-order valence-electron chi connectivity index (χ3n) is 4.19. The molecular weight excluding hydrogens is 324 g/mol. The van der Waals surface area contributed by atoms with E-state index in [0.717, 1.165) is 16.9 Å². The van der Waals surface area contributed by atoms with Gasteiger partial charge in [-0.25, -0.2) is 9.97 Å². The molecule has 5 heteroatoms. The van der Waals surface area contributed by atoms with Crippen LogP contribution in [0.1, 0.15) is 35.8 Å². The van der Waals surface area contributed by atoms with E-state index in [1.54, 1.807) is 6.20 Å². The minimum atomic E-state index is -0.264. The van der Waals surface area contributed by atoms with Crippen molar-refractivity contribution in [3.05, 3.63) is 78.2 Å². The fourth-order valence-electron chi connectivity index (χ4n) is 2.70. The summed E-state index contributed by atoms with van der Waals surface area (Å²) in [7, 11) is 1.91. The monoisotopic (exact) mass is 346 g/mol. The molecule has 0 aliphatic rings. The van der Waals surface area contributed by atoms with E-state index in [1.807, 2.05) is 66.5 Å². The lowest BCUT2D eigenvalue weighted by Gasteiger charge is -2.18. The van der Waals surface area contributed by atoms with Crippen molar-refractivity contribution < 1.29 is 4.79 Å². The molecule has 0 saturated heterocycles. The van der Waals surface area contributed by atoms with Gasteiger partial charge in [0, 0.05) is 18.4 Å². The van der Waals surface area contributed by atoms with Gasteiger partial charge in [0.05, 0.1) is 12.4 Å². The summed E-state index contributed by atoms with van der Waals surface area (Å²) in [4.78, 5) is 23.1. The molecule has 0 atom stereocenters. The smallest absolute Gasteiger partial charge is 0.275 e. The molecule has 26 heavy (non-hydrogen) atoms. The second-order valence-corrected chi connectivity index (χ2v) is 6.35. The number of nitrogens with one attached hydrogen (secondary N) is 1. The highest BCUT2D eigenvalue weighted by molar-refractivity contribution is 6.03. The Morgan fingerprint density at radius 1 is 0.962 bits per heavy atom. The van der Waals surface area contributed by atoms with Gasteiger partial charge in [0.1, 0.15) is 5.69 Å². The van der Waals surface area contributed by atoms with Crippen molar-refractivity contribution in [3.8, 4) is 0 Å². The van der Waals surface area contributed by atoms with E-state index in [-0.39, 0.29) is 11.6 Å². The number of nitrogens with zero attached hydrogens (tertiary/aromatic N) is 3. The minimum Gasteiger partial charge on any atom is -0.328 e. The van der Waals surface area contributed by atoms with Crippen LogP contribution in [0.25, 0.3) is 0 Å². The number of amides is 1. The Kier molecular flexibility index (Phi) is 5.27. The topological polar surface area (TPSA) is 58.1 Å². The molecule has 3 rings (SSSR count). The van der Waals surface area contributed by atoms with Crippen LogP contribution in [-0.4, -0.2) is 22.9 Å². The van der Waals surface area contributed by atoms with Crippen LogP contribution < -0.4 is 10.2 Å². The molecule has 0 bridgehead atoms. The summed E-state index contributed by atoms with van der Waals surface area (Å²) in [6, 6.07) is 17.7. The molecule has 0 aliphatic carbocycles. The maximum Gasteiger partial charge on any atom is 0.275 e. The molecule has 5 nitrogen and oxygen atoms in total. The van der Waals surface area contributed by atoms with Gasteiger partial charge < -0.3 is 10.2 Å². The number of carbonyl (C=O) groups excluding carboxylic acids is 1. The summed E-state index contributed by atoms with van der Waals surface area (Å²) < 4.78 is 0. The van der Waals surface area contributed by atoms with Crippen molar-refractivity contribution in [1.29, 1.82) is 0 Å². The Hall–Kier alpha value is -3.21. The molecule has 1 amide bonds. The van der Waals surface area contributed by atoms with Gasteiger partial charge in [-0.15, -0.1) is 0 Å².